The first-order chi connectivity index (χ1) is 12.2. The molecule has 3 aromatic rings. The predicted molar refractivity (Wildman–Crippen MR) is 101 cm³/mol. The molecule has 1 aromatic heterocycles. The van der Waals surface area contributed by atoms with Crippen LogP contribution in [0.5, 0.6) is 11.6 Å². The number of hydrogen-bond acceptors (Lipinski definition) is 5. The Labute approximate surface area is 151 Å². The zero-order chi connectivity index (χ0) is 17.2. The van der Waals surface area contributed by atoms with Crippen LogP contribution >= 0.6 is 11.6 Å². The van der Waals surface area contributed by atoms with Gasteiger partial charge in [-0.1, -0.05) is 29.8 Å². The highest BCUT2D eigenvalue weighted by atomic mass is 35.5. The molecule has 5 nitrogen and oxygen atoms in total. The quantitative estimate of drug-likeness (QED) is 0.715. The Balaban J connectivity index is 1.73. The molecule has 0 saturated carbocycles. The van der Waals surface area contributed by atoms with Crippen molar-refractivity contribution in [3.63, 3.8) is 0 Å². The topological polar surface area (TPSA) is 41.5 Å². The van der Waals surface area contributed by atoms with Gasteiger partial charge in [0.1, 0.15) is 5.75 Å². The molecule has 0 spiro atoms. The lowest BCUT2D eigenvalue weighted by Gasteiger charge is -2.32. The van der Waals surface area contributed by atoms with Crippen LogP contribution in [0.25, 0.3) is 10.9 Å². The third kappa shape index (κ3) is 3.52. The van der Waals surface area contributed by atoms with Gasteiger partial charge in [0.2, 0.25) is 11.8 Å². The zero-order valence-electron chi connectivity index (χ0n) is 14.0. The second kappa shape index (κ2) is 6.86. The van der Waals surface area contributed by atoms with Crippen molar-refractivity contribution in [2.75, 3.05) is 38.1 Å². The van der Waals surface area contributed by atoms with Gasteiger partial charge in [0.05, 0.1) is 10.9 Å². The van der Waals surface area contributed by atoms with Crippen LogP contribution in [-0.4, -0.2) is 48.1 Å². The van der Waals surface area contributed by atoms with Crippen molar-refractivity contribution < 1.29 is 4.74 Å². The predicted octanol–water partition coefficient (Wildman–Crippen LogP) is 3.83. The smallest absolute Gasteiger partial charge is 0.231 e. The molecule has 0 aliphatic carbocycles. The van der Waals surface area contributed by atoms with Crippen molar-refractivity contribution >= 4 is 28.5 Å². The molecule has 4 rings (SSSR count). The minimum atomic E-state index is 0.557. The maximum atomic E-state index is 6.07. The highest BCUT2D eigenvalue weighted by molar-refractivity contribution is 6.30. The molecule has 0 unspecified atom stereocenters. The van der Waals surface area contributed by atoms with Crippen LogP contribution in [0.2, 0.25) is 5.02 Å². The minimum absolute atomic E-state index is 0.557. The van der Waals surface area contributed by atoms with Crippen molar-refractivity contribution in [2.24, 2.45) is 0 Å². The van der Waals surface area contributed by atoms with Crippen molar-refractivity contribution in [1.29, 1.82) is 0 Å². The number of hydrogen-bond donors (Lipinski definition) is 0. The normalized spacial score (nSPS) is 15.5. The van der Waals surface area contributed by atoms with Crippen LogP contribution in [0.1, 0.15) is 0 Å². The van der Waals surface area contributed by atoms with E-state index >= 15 is 0 Å². The number of fused-ring (bicyclic) bond motifs is 1. The summed E-state index contributed by atoms with van der Waals surface area (Å²) in [5.74, 6) is 1.94. The summed E-state index contributed by atoms with van der Waals surface area (Å²) in [6, 6.07) is 15.2. The third-order valence-corrected chi connectivity index (χ3v) is 4.59. The Hall–Kier alpha value is -2.37. The Kier molecular flexibility index (Phi) is 4.42. The summed E-state index contributed by atoms with van der Waals surface area (Å²) < 4.78 is 6.05. The first kappa shape index (κ1) is 16.1. The maximum absolute atomic E-state index is 6.07. The maximum Gasteiger partial charge on any atom is 0.231 e. The fraction of sp³-hybridized carbons (Fsp3) is 0.263. The van der Waals surface area contributed by atoms with E-state index in [-0.39, 0.29) is 0 Å². The van der Waals surface area contributed by atoms with Crippen LogP contribution in [0.4, 0.5) is 5.95 Å². The van der Waals surface area contributed by atoms with Crippen LogP contribution in [-0.2, 0) is 0 Å². The standard InChI is InChI=1S/C19H19ClN4O/c1-23-9-11-24(12-10-23)19-21-17-8-3-2-7-16(17)18(22-19)25-15-6-4-5-14(20)13-15/h2-8,13H,9-12H2,1H3. The molecule has 0 N–H and O–H groups in total. The number of likely N-dealkylation sites (N-methyl/N-ethyl adjacent to an activating group) is 1. The SMILES string of the molecule is CN1CCN(c2nc(Oc3cccc(Cl)c3)c3ccccc3n2)CC1. The van der Waals surface area contributed by atoms with E-state index in [1.54, 1.807) is 6.07 Å². The van der Waals surface area contributed by atoms with Crippen molar-refractivity contribution in [2.45, 2.75) is 0 Å². The fourth-order valence-electron chi connectivity index (χ4n) is 2.90. The molecule has 128 valence electrons. The monoisotopic (exact) mass is 354 g/mol. The lowest BCUT2D eigenvalue weighted by molar-refractivity contribution is 0.311. The van der Waals surface area contributed by atoms with Crippen LogP contribution in [0.15, 0.2) is 48.5 Å². The number of halogens is 1. The van der Waals surface area contributed by atoms with Crippen LogP contribution < -0.4 is 9.64 Å². The van der Waals surface area contributed by atoms with E-state index in [1.807, 2.05) is 42.5 Å². The van der Waals surface area contributed by atoms with Crippen molar-refractivity contribution in [3.05, 3.63) is 53.6 Å². The van der Waals surface area contributed by atoms with Crippen molar-refractivity contribution in [3.8, 4) is 11.6 Å². The Bertz CT molecular complexity index is 893. The largest absolute Gasteiger partial charge is 0.438 e. The lowest BCUT2D eigenvalue weighted by atomic mass is 10.2. The van der Waals surface area contributed by atoms with Gasteiger partial charge in [-0.15, -0.1) is 0 Å². The molecular weight excluding hydrogens is 336 g/mol. The minimum Gasteiger partial charge on any atom is -0.438 e. The van der Waals surface area contributed by atoms with Gasteiger partial charge in [-0.2, -0.15) is 4.98 Å². The number of nitrogens with zero attached hydrogens (tertiary/aromatic N) is 4. The summed E-state index contributed by atoms with van der Waals surface area (Å²) in [4.78, 5) is 14.0. The number of ether oxygens (including phenoxy) is 1. The summed E-state index contributed by atoms with van der Waals surface area (Å²) in [6.07, 6.45) is 0. The summed E-state index contributed by atoms with van der Waals surface area (Å²) in [6.45, 7) is 3.82. The molecule has 0 amide bonds. The number of anilines is 1. The van der Waals surface area contributed by atoms with E-state index in [0.29, 0.717) is 22.6 Å². The number of piperazine rings is 1. The second-order valence-electron chi connectivity index (χ2n) is 6.20. The zero-order valence-corrected chi connectivity index (χ0v) is 14.8. The fourth-order valence-corrected chi connectivity index (χ4v) is 3.08. The van der Waals surface area contributed by atoms with Crippen molar-refractivity contribution in [1.82, 2.24) is 14.9 Å². The van der Waals surface area contributed by atoms with E-state index in [0.717, 1.165) is 37.1 Å². The first-order valence-corrected chi connectivity index (χ1v) is 8.70. The van der Waals surface area contributed by atoms with E-state index in [4.69, 9.17) is 26.3 Å². The summed E-state index contributed by atoms with van der Waals surface area (Å²) in [7, 11) is 2.13. The van der Waals surface area contributed by atoms with E-state index in [2.05, 4.69) is 16.8 Å². The van der Waals surface area contributed by atoms with E-state index in [1.165, 1.54) is 0 Å². The molecular formula is C19H19ClN4O. The highest BCUT2D eigenvalue weighted by Gasteiger charge is 2.19. The summed E-state index contributed by atoms with van der Waals surface area (Å²) in [5.41, 5.74) is 0.878. The molecule has 0 radical (unpaired) electrons. The molecule has 0 atom stereocenters. The molecule has 1 fully saturated rings. The van der Waals surface area contributed by atoms with Gasteiger partial charge in [0.15, 0.2) is 0 Å². The summed E-state index contributed by atoms with van der Waals surface area (Å²) >= 11 is 6.07. The second-order valence-corrected chi connectivity index (χ2v) is 6.63. The Morgan fingerprint density at radius 2 is 1.76 bits per heavy atom. The average Bonchev–Trinajstić information content (AvgIpc) is 2.62. The molecule has 1 saturated heterocycles. The highest BCUT2D eigenvalue weighted by Crippen LogP contribution is 2.30. The van der Waals surface area contributed by atoms with E-state index in [9.17, 15) is 0 Å². The first-order valence-electron chi connectivity index (χ1n) is 8.33. The number of para-hydroxylation sites is 1. The van der Waals surface area contributed by atoms with Gasteiger partial charge in [-0.3, -0.25) is 0 Å². The molecule has 1 aliphatic heterocycles. The van der Waals surface area contributed by atoms with Gasteiger partial charge in [0, 0.05) is 31.2 Å². The average molecular weight is 355 g/mol. The number of rotatable bonds is 3. The van der Waals surface area contributed by atoms with Gasteiger partial charge in [-0.05, 0) is 37.4 Å². The third-order valence-electron chi connectivity index (χ3n) is 4.35. The van der Waals surface area contributed by atoms with Gasteiger partial charge >= 0.3 is 0 Å². The Morgan fingerprint density at radius 3 is 2.56 bits per heavy atom. The molecule has 0 bridgehead atoms. The lowest BCUT2D eigenvalue weighted by Crippen LogP contribution is -2.45. The Morgan fingerprint density at radius 1 is 0.960 bits per heavy atom. The molecule has 2 aromatic carbocycles. The molecule has 6 heteroatoms. The van der Waals surface area contributed by atoms with Gasteiger partial charge in [-0.25, -0.2) is 4.98 Å². The molecule has 1 aliphatic rings. The summed E-state index contributed by atoms with van der Waals surface area (Å²) in [5, 5.41) is 1.52. The van der Waals surface area contributed by atoms with Crippen LogP contribution in [0, 0.1) is 0 Å². The molecule has 25 heavy (non-hydrogen) atoms. The van der Waals surface area contributed by atoms with Gasteiger partial charge in [0.25, 0.3) is 0 Å². The van der Waals surface area contributed by atoms with Crippen LogP contribution in [0.3, 0.4) is 0 Å². The van der Waals surface area contributed by atoms with Gasteiger partial charge < -0.3 is 14.5 Å². The number of benzene rings is 2. The number of aromatic nitrogens is 2. The van der Waals surface area contributed by atoms with E-state index < -0.39 is 0 Å². The molecule has 2 heterocycles.